The summed E-state index contributed by atoms with van der Waals surface area (Å²) in [7, 11) is 0. The summed E-state index contributed by atoms with van der Waals surface area (Å²) in [6.07, 6.45) is 0.302. The van der Waals surface area contributed by atoms with Crippen molar-refractivity contribution in [2.24, 2.45) is 0 Å². The highest BCUT2D eigenvalue weighted by molar-refractivity contribution is 7.26. The fraction of sp³-hybridized carbons (Fsp3) is 0.200. The Balaban J connectivity index is 1.85. The van der Waals surface area contributed by atoms with Gasteiger partial charge in [-0.05, 0) is 35.6 Å². The Labute approximate surface area is 114 Å². The summed E-state index contributed by atoms with van der Waals surface area (Å²) < 4.78 is 2.55. The zero-order valence-electron chi connectivity index (χ0n) is 10.1. The molecule has 1 aromatic carbocycles. The summed E-state index contributed by atoms with van der Waals surface area (Å²) in [6.45, 7) is 2.09. The van der Waals surface area contributed by atoms with Crippen molar-refractivity contribution in [3.8, 4) is 0 Å². The smallest absolute Gasteiger partial charge is 0.0923 e. The van der Waals surface area contributed by atoms with Gasteiger partial charge >= 0.3 is 0 Å². The average molecular weight is 274 g/mol. The Morgan fingerprint density at radius 1 is 1.17 bits per heavy atom. The van der Waals surface area contributed by atoms with Crippen LogP contribution in [0.1, 0.15) is 22.1 Å². The number of hydrogen-bond donors (Lipinski definition) is 1. The van der Waals surface area contributed by atoms with Crippen LogP contribution in [0.25, 0.3) is 9.40 Å². The number of hydrogen-bond acceptors (Lipinski definition) is 3. The summed E-state index contributed by atoms with van der Waals surface area (Å²) in [5.41, 5.74) is 2.47. The Morgan fingerprint density at radius 2 is 2.00 bits per heavy atom. The quantitative estimate of drug-likeness (QED) is 0.743. The molecule has 0 aliphatic carbocycles. The molecule has 92 valence electrons. The third-order valence-electron chi connectivity index (χ3n) is 3.16. The van der Waals surface area contributed by atoms with Gasteiger partial charge in [0.15, 0.2) is 0 Å². The van der Waals surface area contributed by atoms with Crippen LogP contribution in [-0.4, -0.2) is 5.11 Å². The second kappa shape index (κ2) is 4.84. The second-order valence-electron chi connectivity index (χ2n) is 4.44. The molecule has 0 aliphatic heterocycles. The number of aliphatic hydroxyl groups excluding tert-OH is 1. The van der Waals surface area contributed by atoms with Gasteiger partial charge in [0.2, 0.25) is 0 Å². The first-order valence-corrected chi connectivity index (χ1v) is 7.63. The Hall–Kier alpha value is -1.16. The number of thiophene rings is 2. The molecule has 0 radical (unpaired) electrons. The third-order valence-corrected chi connectivity index (χ3v) is 5.36. The van der Waals surface area contributed by atoms with Crippen molar-refractivity contribution in [3.05, 3.63) is 57.8 Å². The van der Waals surface area contributed by atoms with Gasteiger partial charge in [-0.3, -0.25) is 0 Å². The molecule has 18 heavy (non-hydrogen) atoms. The third kappa shape index (κ3) is 2.21. The van der Waals surface area contributed by atoms with Crippen LogP contribution in [0.3, 0.4) is 0 Å². The van der Waals surface area contributed by atoms with Crippen molar-refractivity contribution >= 4 is 32.1 Å². The summed E-state index contributed by atoms with van der Waals surface area (Å²) in [5, 5.41) is 12.4. The number of aryl methyl sites for hydroxylation is 1. The molecule has 0 aliphatic rings. The van der Waals surface area contributed by atoms with Crippen LogP contribution in [0.5, 0.6) is 0 Å². The molecule has 0 amide bonds. The number of aliphatic hydroxyl groups is 1. The first-order valence-electron chi connectivity index (χ1n) is 5.93. The van der Waals surface area contributed by atoms with Crippen LogP contribution in [0.2, 0.25) is 0 Å². The highest BCUT2D eigenvalue weighted by atomic mass is 32.1. The van der Waals surface area contributed by atoms with E-state index in [-0.39, 0.29) is 0 Å². The van der Waals surface area contributed by atoms with E-state index >= 15 is 0 Å². The lowest BCUT2D eigenvalue weighted by atomic mass is 10.0. The van der Waals surface area contributed by atoms with E-state index in [0.717, 1.165) is 4.88 Å². The first kappa shape index (κ1) is 11.9. The molecule has 3 heteroatoms. The van der Waals surface area contributed by atoms with Crippen LogP contribution >= 0.6 is 22.7 Å². The second-order valence-corrected chi connectivity index (χ2v) is 6.51. The lowest BCUT2D eigenvalue weighted by molar-refractivity contribution is 0.182. The summed E-state index contributed by atoms with van der Waals surface area (Å²) in [6, 6.07) is 12.5. The predicted octanol–water partition coefficient (Wildman–Crippen LogP) is 4.55. The highest BCUT2D eigenvalue weighted by Gasteiger charge is 2.13. The summed E-state index contributed by atoms with van der Waals surface area (Å²) in [5.74, 6) is 0. The van der Waals surface area contributed by atoms with Gasteiger partial charge in [-0.25, -0.2) is 0 Å². The van der Waals surface area contributed by atoms with E-state index in [0.29, 0.717) is 6.42 Å². The minimum absolute atomic E-state index is 0.393. The van der Waals surface area contributed by atoms with Gasteiger partial charge < -0.3 is 5.11 Å². The van der Waals surface area contributed by atoms with E-state index in [1.54, 1.807) is 22.7 Å². The molecule has 1 atom stereocenters. The van der Waals surface area contributed by atoms with Gasteiger partial charge in [-0.15, -0.1) is 22.7 Å². The van der Waals surface area contributed by atoms with E-state index in [9.17, 15) is 5.11 Å². The van der Waals surface area contributed by atoms with Crippen LogP contribution in [0.15, 0.2) is 41.8 Å². The number of fused-ring (bicyclic) bond motifs is 1. The number of benzene rings is 1. The minimum Gasteiger partial charge on any atom is -0.387 e. The van der Waals surface area contributed by atoms with Crippen LogP contribution in [0, 0.1) is 6.92 Å². The molecule has 2 aromatic heterocycles. The monoisotopic (exact) mass is 274 g/mol. The lowest BCUT2D eigenvalue weighted by Crippen LogP contribution is -2.00. The molecule has 2 heterocycles. The molecule has 3 aromatic rings. The van der Waals surface area contributed by atoms with Gasteiger partial charge in [0.05, 0.1) is 6.10 Å². The first-order chi connectivity index (χ1) is 8.74. The standard InChI is InChI=1S/C15H14OS2/c1-10-4-2-3-5-11(10)8-12(16)14-9-15-13(18-14)6-7-17-15/h2-7,9,12,16H,8H2,1H3. The maximum absolute atomic E-state index is 10.3. The van der Waals surface area contributed by atoms with E-state index in [1.807, 2.05) is 12.1 Å². The fourth-order valence-corrected chi connectivity index (χ4v) is 4.20. The van der Waals surface area contributed by atoms with Crippen LogP contribution in [-0.2, 0) is 6.42 Å². The van der Waals surface area contributed by atoms with Crippen molar-refractivity contribution in [3.63, 3.8) is 0 Å². The van der Waals surface area contributed by atoms with Crippen molar-refractivity contribution in [2.45, 2.75) is 19.4 Å². The zero-order valence-corrected chi connectivity index (χ0v) is 11.7. The normalized spacial score (nSPS) is 13.0. The number of rotatable bonds is 3. The van der Waals surface area contributed by atoms with Gasteiger partial charge in [0.25, 0.3) is 0 Å². The molecule has 1 unspecified atom stereocenters. The van der Waals surface area contributed by atoms with Crippen LogP contribution in [0.4, 0.5) is 0 Å². The fourth-order valence-electron chi connectivity index (χ4n) is 2.10. The predicted molar refractivity (Wildman–Crippen MR) is 79.5 cm³/mol. The Bertz CT molecular complexity index is 637. The molecule has 0 spiro atoms. The largest absolute Gasteiger partial charge is 0.387 e. The molecule has 0 fully saturated rings. The van der Waals surface area contributed by atoms with Gasteiger partial charge in [0.1, 0.15) is 0 Å². The van der Waals surface area contributed by atoms with E-state index in [1.165, 1.54) is 20.5 Å². The molecule has 3 rings (SSSR count). The van der Waals surface area contributed by atoms with E-state index in [2.05, 4.69) is 36.6 Å². The summed E-state index contributed by atoms with van der Waals surface area (Å²) >= 11 is 3.43. The lowest BCUT2D eigenvalue weighted by Gasteiger charge is -2.10. The molecule has 0 bridgehead atoms. The molecule has 1 N–H and O–H groups in total. The van der Waals surface area contributed by atoms with Crippen molar-refractivity contribution in [2.75, 3.05) is 0 Å². The SMILES string of the molecule is Cc1ccccc1CC(O)c1cc2sccc2s1. The maximum Gasteiger partial charge on any atom is 0.0923 e. The van der Waals surface area contributed by atoms with E-state index < -0.39 is 6.10 Å². The topological polar surface area (TPSA) is 20.2 Å². The minimum atomic E-state index is -0.393. The molecular weight excluding hydrogens is 260 g/mol. The molecule has 0 saturated carbocycles. The van der Waals surface area contributed by atoms with Crippen molar-refractivity contribution in [1.29, 1.82) is 0 Å². The maximum atomic E-state index is 10.3. The Kier molecular flexibility index (Phi) is 3.20. The van der Waals surface area contributed by atoms with Crippen molar-refractivity contribution < 1.29 is 5.11 Å². The molecule has 1 nitrogen and oxygen atoms in total. The Morgan fingerprint density at radius 3 is 2.78 bits per heavy atom. The van der Waals surface area contributed by atoms with Gasteiger partial charge in [0, 0.05) is 20.7 Å². The molecule has 0 saturated heterocycles. The van der Waals surface area contributed by atoms with Crippen molar-refractivity contribution in [1.82, 2.24) is 0 Å². The zero-order chi connectivity index (χ0) is 12.5. The van der Waals surface area contributed by atoms with Gasteiger partial charge in [-0.2, -0.15) is 0 Å². The van der Waals surface area contributed by atoms with Crippen LogP contribution < -0.4 is 0 Å². The van der Waals surface area contributed by atoms with Gasteiger partial charge in [-0.1, -0.05) is 24.3 Å². The average Bonchev–Trinajstić information content (AvgIpc) is 2.92. The molecular formula is C15H14OS2. The van der Waals surface area contributed by atoms with E-state index in [4.69, 9.17) is 0 Å². The summed E-state index contributed by atoms with van der Waals surface area (Å²) in [4.78, 5) is 1.07. The highest BCUT2D eigenvalue weighted by Crippen LogP contribution is 2.34.